The first-order chi connectivity index (χ1) is 9.77. The summed E-state index contributed by atoms with van der Waals surface area (Å²) in [6.45, 7) is 5.52. The van der Waals surface area contributed by atoms with Gasteiger partial charge in [-0.3, -0.25) is 10.1 Å². The molecule has 1 aliphatic rings. The molecule has 0 N–H and O–H groups in total. The van der Waals surface area contributed by atoms with Gasteiger partial charge in [-0.1, -0.05) is 4.40 Å². The second-order valence-corrected chi connectivity index (χ2v) is 9.17. The highest BCUT2D eigenvalue weighted by molar-refractivity contribution is 8.00. The summed E-state index contributed by atoms with van der Waals surface area (Å²) in [5.74, 6) is 0. The van der Waals surface area contributed by atoms with Crippen molar-refractivity contribution in [2.24, 2.45) is 4.40 Å². The van der Waals surface area contributed by atoms with E-state index < -0.39 is 21.0 Å². The van der Waals surface area contributed by atoms with E-state index in [1.165, 1.54) is 31.2 Å². The summed E-state index contributed by atoms with van der Waals surface area (Å²) in [6, 6.07) is 4.75. The maximum Gasteiger partial charge on any atom is 0.270 e. The molecule has 0 heterocycles. The molecule has 1 saturated carbocycles. The Morgan fingerprint density at radius 3 is 2.62 bits per heavy atom. The van der Waals surface area contributed by atoms with Crippen LogP contribution in [0.25, 0.3) is 0 Å². The van der Waals surface area contributed by atoms with E-state index in [1.807, 2.05) is 20.8 Å². The van der Waals surface area contributed by atoms with Crippen molar-refractivity contribution in [3.8, 4) is 0 Å². The maximum atomic E-state index is 12.0. The molecule has 0 bridgehead atoms. The number of hydrogen-bond acceptors (Lipinski definition) is 5. The van der Waals surface area contributed by atoms with E-state index in [0.717, 1.165) is 4.90 Å². The van der Waals surface area contributed by atoms with Gasteiger partial charge in [-0.05, 0) is 39.7 Å². The van der Waals surface area contributed by atoms with Gasteiger partial charge in [0.2, 0.25) is 0 Å². The van der Waals surface area contributed by atoms with E-state index >= 15 is 0 Å². The second kappa shape index (κ2) is 6.37. The molecule has 0 saturated heterocycles. The van der Waals surface area contributed by atoms with Gasteiger partial charge in [0.1, 0.15) is 16.1 Å². The molecule has 0 amide bonds. The van der Waals surface area contributed by atoms with Crippen molar-refractivity contribution in [2.75, 3.05) is 0 Å². The largest absolute Gasteiger partial charge is 0.591 e. The van der Waals surface area contributed by atoms with E-state index in [0.29, 0.717) is 10.8 Å². The molecule has 114 valence electrons. The second-order valence-electron chi connectivity index (χ2n) is 5.89. The summed E-state index contributed by atoms with van der Waals surface area (Å²) >= 11 is 0.333. The Kier molecular flexibility index (Phi) is 4.95. The number of nitrogens with zero attached hydrogens (tertiary/aromatic N) is 2. The highest BCUT2D eigenvalue weighted by Crippen LogP contribution is 2.40. The number of benzene rings is 1. The minimum Gasteiger partial charge on any atom is -0.591 e. The first-order valence-electron chi connectivity index (χ1n) is 6.68. The fraction of sp³-hybridized carbons (Fsp3) is 0.500. The molecular formula is C14H18N2O3S2. The highest BCUT2D eigenvalue weighted by atomic mass is 32.2. The van der Waals surface area contributed by atoms with Crippen molar-refractivity contribution in [2.45, 2.75) is 48.5 Å². The first-order valence-corrected chi connectivity index (χ1v) is 8.67. The molecule has 0 aliphatic heterocycles. The molecule has 0 spiro atoms. The van der Waals surface area contributed by atoms with Crippen molar-refractivity contribution in [1.29, 1.82) is 0 Å². The topological polar surface area (TPSA) is 78.6 Å². The van der Waals surface area contributed by atoms with Gasteiger partial charge in [0, 0.05) is 27.8 Å². The SMILES string of the molecule is CC(C)(C)[S+]([O-])N=Cc1cc([N+](=O)[O-])ccc1SC1CC1. The van der Waals surface area contributed by atoms with Crippen LogP contribution in [-0.2, 0) is 11.4 Å². The maximum absolute atomic E-state index is 12.0. The summed E-state index contributed by atoms with van der Waals surface area (Å²) in [5.41, 5.74) is 0.692. The van der Waals surface area contributed by atoms with Gasteiger partial charge in [-0.15, -0.1) is 11.8 Å². The minimum atomic E-state index is -1.37. The number of hydrogen-bond donors (Lipinski definition) is 0. The molecular weight excluding hydrogens is 308 g/mol. The molecule has 5 nitrogen and oxygen atoms in total. The molecule has 0 aromatic heterocycles. The molecule has 1 atom stereocenters. The highest BCUT2D eigenvalue weighted by Gasteiger charge is 2.27. The third-order valence-corrected chi connectivity index (χ3v) is 5.61. The molecule has 1 aromatic rings. The zero-order valence-electron chi connectivity index (χ0n) is 12.2. The van der Waals surface area contributed by atoms with Crippen LogP contribution in [0.5, 0.6) is 0 Å². The smallest absolute Gasteiger partial charge is 0.270 e. The molecule has 1 unspecified atom stereocenters. The zero-order chi connectivity index (χ0) is 15.6. The van der Waals surface area contributed by atoms with Crippen LogP contribution < -0.4 is 0 Å². The van der Waals surface area contributed by atoms with Crippen LogP contribution >= 0.6 is 11.8 Å². The summed E-state index contributed by atoms with van der Waals surface area (Å²) < 4.78 is 15.6. The average Bonchev–Trinajstić information content (AvgIpc) is 3.19. The number of thioether (sulfide) groups is 1. The van der Waals surface area contributed by atoms with Gasteiger partial charge in [0.05, 0.1) is 11.1 Å². The Balaban J connectivity index is 2.26. The third-order valence-electron chi connectivity index (χ3n) is 2.83. The van der Waals surface area contributed by atoms with Gasteiger partial charge in [-0.2, -0.15) is 0 Å². The van der Waals surface area contributed by atoms with Crippen LogP contribution in [0.3, 0.4) is 0 Å². The van der Waals surface area contributed by atoms with Crippen LogP contribution in [0.15, 0.2) is 27.5 Å². The van der Waals surface area contributed by atoms with Crippen molar-refractivity contribution in [1.82, 2.24) is 0 Å². The molecule has 21 heavy (non-hydrogen) atoms. The van der Waals surface area contributed by atoms with Gasteiger partial charge < -0.3 is 4.55 Å². The van der Waals surface area contributed by atoms with Crippen molar-refractivity contribution < 1.29 is 9.48 Å². The predicted octanol–water partition coefficient (Wildman–Crippen LogP) is 3.73. The minimum absolute atomic E-state index is 0.0261. The number of nitro groups is 1. The Morgan fingerprint density at radius 1 is 1.43 bits per heavy atom. The van der Waals surface area contributed by atoms with E-state index in [9.17, 15) is 14.7 Å². The zero-order valence-corrected chi connectivity index (χ0v) is 13.9. The Morgan fingerprint density at radius 2 is 2.10 bits per heavy atom. The molecule has 1 fully saturated rings. The van der Waals surface area contributed by atoms with Crippen molar-refractivity contribution >= 4 is 35.0 Å². The van der Waals surface area contributed by atoms with Gasteiger partial charge >= 0.3 is 0 Å². The lowest BCUT2D eigenvalue weighted by atomic mass is 10.2. The summed E-state index contributed by atoms with van der Waals surface area (Å²) in [4.78, 5) is 11.4. The molecule has 0 radical (unpaired) electrons. The van der Waals surface area contributed by atoms with Crippen LogP contribution in [0.2, 0.25) is 0 Å². The lowest BCUT2D eigenvalue weighted by Gasteiger charge is -2.17. The van der Waals surface area contributed by atoms with Crippen LogP contribution in [0.4, 0.5) is 5.69 Å². The lowest BCUT2D eigenvalue weighted by molar-refractivity contribution is -0.384. The Labute approximate surface area is 131 Å². The lowest BCUT2D eigenvalue weighted by Crippen LogP contribution is -2.25. The third kappa shape index (κ3) is 4.72. The predicted molar refractivity (Wildman–Crippen MR) is 87.5 cm³/mol. The first kappa shape index (κ1) is 16.3. The van der Waals surface area contributed by atoms with Gasteiger partial charge in [0.15, 0.2) is 0 Å². The summed E-state index contributed by atoms with van der Waals surface area (Å²) in [5, 5.41) is 11.5. The van der Waals surface area contributed by atoms with E-state index in [4.69, 9.17) is 0 Å². The summed E-state index contributed by atoms with van der Waals surface area (Å²) in [7, 11) is 0. The molecule has 2 rings (SSSR count). The van der Waals surface area contributed by atoms with Crippen molar-refractivity contribution in [3.05, 3.63) is 33.9 Å². The van der Waals surface area contributed by atoms with E-state index in [-0.39, 0.29) is 5.69 Å². The Bertz CT molecular complexity index is 566. The quantitative estimate of drug-likeness (QED) is 0.357. The molecule has 1 aliphatic carbocycles. The molecule has 7 heteroatoms. The number of rotatable bonds is 5. The van der Waals surface area contributed by atoms with Gasteiger partial charge in [-0.25, -0.2) is 0 Å². The van der Waals surface area contributed by atoms with Crippen LogP contribution in [-0.4, -0.2) is 25.7 Å². The Hall–Kier alpha value is -1.05. The van der Waals surface area contributed by atoms with Crippen molar-refractivity contribution in [3.63, 3.8) is 0 Å². The number of nitro benzene ring substituents is 1. The number of non-ortho nitro benzene ring substituents is 1. The van der Waals surface area contributed by atoms with E-state index in [1.54, 1.807) is 17.8 Å². The molecule has 1 aromatic carbocycles. The van der Waals surface area contributed by atoms with Crippen LogP contribution in [0, 0.1) is 10.1 Å². The normalized spacial score (nSPS) is 17.1. The monoisotopic (exact) mass is 326 g/mol. The fourth-order valence-corrected chi connectivity index (χ4v) is 3.14. The van der Waals surface area contributed by atoms with E-state index in [2.05, 4.69) is 4.40 Å². The summed E-state index contributed by atoms with van der Waals surface area (Å²) in [6.07, 6.45) is 3.84. The average molecular weight is 326 g/mol. The van der Waals surface area contributed by atoms with Crippen LogP contribution in [0.1, 0.15) is 39.2 Å². The fourth-order valence-electron chi connectivity index (χ4n) is 1.49. The standard InChI is InChI=1S/C14H18N2O3S2/c1-14(2,3)21(19)15-9-10-8-11(16(17)18)4-7-13(10)20-12-5-6-12/h4,7-9,12H,5-6H2,1-3H3. The van der Waals surface area contributed by atoms with Gasteiger partial charge in [0.25, 0.3) is 5.69 Å².